The van der Waals surface area contributed by atoms with Crippen LogP contribution in [-0.2, 0) is 16.1 Å². The number of carbonyl (C=O) groups is 2. The number of nitrogens with one attached hydrogen (secondary N) is 1. The molecule has 0 spiro atoms. The van der Waals surface area contributed by atoms with Crippen molar-refractivity contribution in [3.05, 3.63) is 70.7 Å². The zero-order valence-electron chi connectivity index (χ0n) is 14.5. The maximum absolute atomic E-state index is 11.9. The molecule has 2 aromatic carbocycles. The predicted octanol–water partition coefficient (Wildman–Crippen LogP) is 4.46. The second-order valence-corrected chi connectivity index (χ2v) is 6.39. The zero-order valence-corrected chi connectivity index (χ0v) is 15.3. The fourth-order valence-corrected chi connectivity index (χ4v) is 3.06. The molecule has 0 aliphatic carbocycles. The van der Waals surface area contributed by atoms with E-state index in [0.717, 1.165) is 11.1 Å². The van der Waals surface area contributed by atoms with Gasteiger partial charge in [0.15, 0.2) is 0 Å². The van der Waals surface area contributed by atoms with E-state index in [2.05, 4.69) is 5.32 Å². The standard InChI is InChI=1S/C20H22ClNO4/c1-2-17(15-9-6-10-16(21)11-15)18(19(23)24)12-22-20(25)26-13-14-7-4-3-5-8-14/h3-11,17-18H,2,12-13H2,1H3,(H,22,25)(H,23,24). The summed E-state index contributed by atoms with van der Waals surface area (Å²) in [6.45, 7) is 2.03. The molecule has 26 heavy (non-hydrogen) atoms. The van der Waals surface area contributed by atoms with Gasteiger partial charge in [-0.05, 0) is 35.6 Å². The summed E-state index contributed by atoms with van der Waals surface area (Å²) in [6, 6.07) is 16.4. The van der Waals surface area contributed by atoms with Gasteiger partial charge in [0.05, 0.1) is 5.92 Å². The van der Waals surface area contributed by atoms with Crippen LogP contribution in [0.5, 0.6) is 0 Å². The van der Waals surface area contributed by atoms with Crippen LogP contribution < -0.4 is 5.32 Å². The van der Waals surface area contributed by atoms with Crippen molar-refractivity contribution in [2.45, 2.75) is 25.9 Å². The molecule has 0 aliphatic heterocycles. The largest absolute Gasteiger partial charge is 0.481 e. The second-order valence-electron chi connectivity index (χ2n) is 5.96. The van der Waals surface area contributed by atoms with Crippen LogP contribution in [0.1, 0.15) is 30.4 Å². The lowest BCUT2D eigenvalue weighted by Gasteiger charge is -2.23. The third-order valence-corrected chi connectivity index (χ3v) is 4.43. The van der Waals surface area contributed by atoms with E-state index in [1.54, 1.807) is 18.2 Å². The molecule has 2 aromatic rings. The highest BCUT2D eigenvalue weighted by Gasteiger charge is 2.29. The molecule has 0 radical (unpaired) electrons. The number of hydrogen-bond acceptors (Lipinski definition) is 3. The van der Waals surface area contributed by atoms with Gasteiger partial charge in [-0.2, -0.15) is 0 Å². The monoisotopic (exact) mass is 375 g/mol. The van der Waals surface area contributed by atoms with Crippen molar-refractivity contribution in [3.8, 4) is 0 Å². The summed E-state index contributed by atoms with van der Waals surface area (Å²) in [7, 11) is 0. The first-order valence-corrected chi connectivity index (χ1v) is 8.82. The molecular weight excluding hydrogens is 354 g/mol. The predicted molar refractivity (Wildman–Crippen MR) is 100 cm³/mol. The number of carboxylic acid groups (broad SMARTS) is 1. The summed E-state index contributed by atoms with van der Waals surface area (Å²) in [5, 5.41) is 12.7. The molecule has 2 unspecified atom stereocenters. The van der Waals surface area contributed by atoms with Gasteiger partial charge in [0, 0.05) is 11.6 Å². The summed E-state index contributed by atoms with van der Waals surface area (Å²) in [6.07, 6.45) is -0.0287. The quantitative estimate of drug-likeness (QED) is 0.714. The molecule has 138 valence electrons. The minimum atomic E-state index is -0.972. The van der Waals surface area contributed by atoms with Crippen LogP contribution in [0.25, 0.3) is 0 Å². The molecule has 0 aromatic heterocycles. The average Bonchev–Trinajstić information content (AvgIpc) is 2.64. The summed E-state index contributed by atoms with van der Waals surface area (Å²) < 4.78 is 5.13. The molecule has 0 saturated carbocycles. The molecule has 0 saturated heterocycles. The van der Waals surface area contributed by atoms with Gasteiger partial charge in [-0.1, -0.05) is 61.0 Å². The van der Waals surface area contributed by atoms with E-state index in [9.17, 15) is 14.7 Å². The molecule has 2 rings (SSSR count). The van der Waals surface area contributed by atoms with Crippen molar-refractivity contribution in [3.63, 3.8) is 0 Å². The fraction of sp³-hybridized carbons (Fsp3) is 0.300. The number of rotatable bonds is 8. The van der Waals surface area contributed by atoms with Crippen LogP contribution in [0.2, 0.25) is 5.02 Å². The van der Waals surface area contributed by atoms with E-state index in [1.807, 2.05) is 43.3 Å². The Morgan fingerprint density at radius 2 is 1.88 bits per heavy atom. The molecule has 5 nitrogen and oxygen atoms in total. The van der Waals surface area contributed by atoms with Crippen LogP contribution in [0.3, 0.4) is 0 Å². The van der Waals surface area contributed by atoms with Crippen LogP contribution in [0, 0.1) is 5.92 Å². The summed E-state index contributed by atoms with van der Waals surface area (Å²) >= 11 is 6.02. The molecule has 0 fully saturated rings. The number of amides is 1. The number of carboxylic acids is 1. The highest BCUT2D eigenvalue weighted by atomic mass is 35.5. The van der Waals surface area contributed by atoms with Crippen molar-refractivity contribution in [1.29, 1.82) is 0 Å². The highest BCUT2D eigenvalue weighted by Crippen LogP contribution is 2.29. The normalized spacial score (nSPS) is 12.8. The van der Waals surface area contributed by atoms with Crippen molar-refractivity contribution in [2.75, 3.05) is 6.54 Å². The first kappa shape index (κ1) is 19.8. The lowest BCUT2D eigenvalue weighted by molar-refractivity contribution is -0.142. The Morgan fingerprint density at radius 3 is 2.50 bits per heavy atom. The Balaban J connectivity index is 1.96. The number of hydrogen-bond donors (Lipinski definition) is 2. The first-order chi connectivity index (χ1) is 12.5. The molecule has 0 bridgehead atoms. The Bertz CT molecular complexity index is 736. The number of alkyl carbamates (subject to hydrolysis) is 1. The summed E-state index contributed by atoms with van der Waals surface area (Å²) in [4.78, 5) is 23.6. The van der Waals surface area contributed by atoms with Gasteiger partial charge in [-0.3, -0.25) is 4.79 Å². The Hall–Kier alpha value is -2.53. The smallest absolute Gasteiger partial charge is 0.407 e. The topological polar surface area (TPSA) is 75.6 Å². The number of aliphatic carboxylic acids is 1. The summed E-state index contributed by atoms with van der Waals surface area (Å²) in [5.41, 5.74) is 1.70. The SMILES string of the molecule is CCC(c1cccc(Cl)c1)C(CNC(=O)OCc1ccccc1)C(=O)O. The zero-order chi connectivity index (χ0) is 18.9. The fourth-order valence-electron chi connectivity index (χ4n) is 2.86. The maximum atomic E-state index is 11.9. The van der Waals surface area contributed by atoms with Gasteiger partial charge in [-0.25, -0.2) is 4.79 Å². The molecule has 2 atom stereocenters. The number of carbonyl (C=O) groups excluding carboxylic acids is 1. The van der Waals surface area contributed by atoms with Crippen molar-refractivity contribution in [2.24, 2.45) is 5.92 Å². The van der Waals surface area contributed by atoms with Gasteiger partial charge < -0.3 is 15.2 Å². The van der Waals surface area contributed by atoms with Crippen molar-refractivity contribution >= 4 is 23.7 Å². The van der Waals surface area contributed by atoms with E-state index >= 15 is 0 Å². The number of halogens is 1. The third-order valence-electron chi connectivity index (χ3n) is 4.20. The minimum absolute atomic E-state index is 0.0199. The average molecular weight is 376 g/mol. The Kier molecular flexibility index (Phi) is 7.48. The molecular formula is C20H22ClNO4. The minimum Gasteiger partial charge on any atom is -0.481 e. The number of ether oxygens (including phenoxy) is 1. The van der Waals surface area contributed by atoms with Gasteiger partial charge in [-0.15, -0.1) is 0 Å². The lowest BCUT2D eigenvalue weighted by atomic mass is 9.84. The van der Waals surface area contributed by atoms with E-state index in [1.165, 1.54) is 0 Å². The van der Waals surface area contributed by atoms with E-state index < -0.39 is 18.0 Å². The lowest BCUT2D eigenvalue weighted by Crippen LogP contribution is -2.36. The van der Waals surface area contributed by atoms with Gasteiger partial charge in [0.25, 0.3) is 0 Å². The first-order valence-electron chi connectivity index (χ1n) is 8.44. The van der Waals surface area contributed by atoms with Gasteiger partial charge >= 0.3 is 12.1 Å². The third kappa shape index (κ3) is 5.77. The Morgan fingerprint density at radius 1 is 1.15 bits per heavy atom. The second kappa shape index (κ2) is 9.82. The van der Waals surface area contributed by atoms with Gasteiger partial charge in [0.1, 0.15) is 6.61 Å². The summed E-state index contributed by atoms with van der Waals surface area (Å²) in [5.74, 6) is -2.01. The Labute approximate surface area is 157 Å². The van der Waals surface area contributed by atoms with Crippen molar-refractivity contribution < 1.29 is 19.4 Å². The van der Waals surface area contributed by atoms with Gasteiger partial charge in [0.2, 0.25) is 0 Å². The molecule has 2 N–H and O–H groups in total. The van der Waals surface area contributed by atoms with Crippen LogP contribution >= 0.6 is 11.6 Å². The molecule has 0 aliphatic rings. The molecule has 6 heteroatoms. The highest BCUT2D eigenvalue weighted by molar-refractivity contribution is 6.30. The van der Waals surface area contributed by atoms with E-state index in [-0.39, 0.29) is 19.1 Å². The maximum Gasteiger partial charge on any atom is 0.407 e. The molecule has 1 amide bonds. The van der Waals surface area contributed by atoms with E-state index in [4.69, 9.17) is 16.3 Å². The van der Waals surface area contributed by atoms with Crippen LogP contribution in [0.4, 0.5) is 4.79 Å². The molecule has 0 heterocycles. The van der Waals surface area contributed by atoms with E-state index in [0.29, 0.717) is 11.4 Å². The number of benzene rings is 2. The van der Waals surface area contributed by atoms with Crippen molar-refractivity contribution in [1.82, 2.24) is 5.32 Å². The van der Waals surface area contributed by atoms with Crippen LogP contribution in [-0.4, -0.2) is 23.7 Å². The van der Waals surface area contributed by atoms with Crippen LogP contribution in [0.15, 0.2) is 54.6 Å².